The van der Waals surface area contributed by atoms with Crippen LogP contribution in [-0.4, -0.2) is 29.9 Å². The minimum atomic E-state index is -0.934. The Kier molecular flexibility index (Phi) is 6.09. The van der Waals surface area contributed by atoms with Crippen LogP contribution in [0.15, 0.2) is 23.3 Å². The molecule has 0 fully saturated rings. The summed E-state index contributed by atoms with van der Waals surface area (Å²) in [6, 6.07) is 0. The van der Waals surface area contributed by atoms with Crippen LogP contribution in [-0.2, 0) is 23.9 Å². The van der Waals surface area contributed by atoms with Crippen molar-refractivity contribution in [1.29, 1.82) is 0 Å². The molecule has 0 aromatic rings. The molecule has 0 radical (unpaired) electrons. The summed E-state index contributed by atoms with van der Waals surface area (Å²) < 4.78 is 10.7. The molecule has 0 saturated heterocycles. The molecule has 0 heterocycles. The monoisotopic (exact) mass is 308 g/mol. The molecule has 0 saturated carbocycles. The van der Waals surface area contributed by atoms with Crippen LogP contribution in [0, 0.1) is 11.8 Å². The Morgan fingerprint density at radius 2 is 1.82 bits per heavy atom. The van der Waals surface area contributed by atoms with Crippen molar-refractivity contribution >= 4 is 17.7 Å². The number of allylic oxidation sites excluding steroid dienone is 1. The van der Waals surface area contributed by atoms with Crippen LogP contribution >= 0.6 is 0 Å². The lowest BCUT2D eigenvalue weighted by molar-refractivity contribution is -0.164. The largest absolute Gasteiger partial charge is 0.458 e. The maximum atomic E-state index is 12.4. The summed E-state index contributed by atoms with van der Waals surface area (Å²) in [7, 11) is 0. The molecular formula is C17H24O5. The smallest absolute Gasteiger partial charge is 0.334 e. The minimum Gasteiger partial charge on any atom is -0.458 e. The van der Waals surface area contributed by atoms with Crippen LogP contribution in [0.4, 0.5) is 0 Å². The summed E-state index contributed by atoms with van der Waals surface area (Å²) >= 11 is 0. The summed E-state index contributed by atoms with van der Waals surface area (Å²) in [6.45, 7) is 10.1. The molecule has 0 bridgehead atoms. The lowest BCUT2D eigenvalue weighted by atomic mass is 9.77. The highest BCUT2D eigenvalue weighted by atomic mass is 16.6. The predicted molar refractivity (Wildman–Crippen MR) is 82.0 cm³/mol. The Balaban J connectivity index is 3.15. The van der Waals surface area contributed by atoms with Crippen molar-refractivity contribution in [3.8, 4) is 0 Å². The van der Waals surface area contributed by atoms with E-state index in [4.69, 9.17) is 9.47 Å². The molecule has 0 spiro atoms. The van der Waals surface area contributed by atoms with Crippen LogP contribution in [0.5, 0.6) is 0 Å². The van der Waals surface area contributed by atoms with E-state index in [9.17, 15) is 14.4 Å². The molecule has 3 atom stereocenters. The zero-order valence-electron chi connectivity index (χ0n) is 14.0. The van der Waals surface area contributed by atoms with Crippen molar-refractivity contribution in [2.24, 2.45) is 11.8 Å². The van der Waals surface area contributed by atoms with E-state index >= 15 is 0 Å². The molecule has 0 aromatic heterocycles. The maximum absolute atomic E-state index is 12.4. The van der Waals surface area contributed by atoms with Gasteiger partial charge in [-0.1, -0.05) is 19.9 Å². The van der Waals surface area contributed by atoms with Crippen molar-refractivity contribution in [3.63, 3.8) is 0 Å². The Bertz CT molecular complexity index is 527. The predicted octanol–water partition coefficient (Wildman–Crippen LogP) is 2.60. The highest BCUT2D eigenvalue weighted by Crippen LogP contribution is 2.32. The van der Waals surface area contributed by atoms with E-state index < -0.39 is 30.1 Å². The van der Waals surface area contributed by atoms with Gasteiger partial charge in [-0.15, -0.1) is 0 Å². The Morgan fingerprint density at radius 3 is 2.27 bits per heavy atom. The molecule has 122 valence electrons. The summed E-state index contributed by atoms with van der Waals surface area (Å²) in [4.78, 5) is 35.7. The van der Waals surface area contributed by atoms with Crippen LogP contribution in [0.1, 0.15) is 41.5 Å². The number of esters is 2. The topological polar surface area (TPSA) is 69.7 Å². The van der Waals surface area contributed by atoms with Crippen LogP contribution in [0.25, 0.3) is 0 Å². The molecule has 0 amide bonds. The van der Waals surface area contributed by atoms with Gasteiger partial charge in [-0.25, -0.2) is 4.79 Å². The van der Waals surface area contributed by atoms with E-state index in [0.717, 1.165) is 0 Å². The Labute approximate surface area is 131 Å². The number of carbonyl (C=O) groups is 3. The average Bonchev–Trinajstić information content (AvgIpc) is 2.42. The van der Waals surface area contributed by atoms with Gasteiger partial charge >= 0.3 is 11.9 Å². The second kappa shape index (κ2) is 7.38. The number of rotatable bonds is 4. The molecule has 5 heteroatoms. The molecule has 1 aliphatic carbocycles. The first-order chi connectivity index (χ1) is 10.2. The van der Waals surface area contributed by atoms with Gasteiger partial charge in [0.05, 0.1) is 0 Å². The zero-order valence-corrected chi connectivity index (χ0v) is 14.0. The van der Waals surface area contributed by atoms with Crippen molar-refractivity contribution in [1.82, 2.24) is 0 Å². The molecule has 1 rings (SSSR count). The first-order valence-electron chi connectivity index (χ1n) is 7.42. The quantitative estimate of drug-likeness (QED) is 0.590. The van der Waals surface area contributed by atoms with E-state index in [1.165, 1.54) is 6.92 Å². The number of carbonyl (C=O) groups excluding carboxylic acids is 3. The number of ether oxygens (including phenoxy) is 2. The van der Waals surface area contributed by atoms with Gasteiger partial charge in [0.1, 0.15) is 6.10 Å². The van der Waals surface area contributed by atoms with Gasteiger partial charge in [-0.3, -0.25) is 9.59 Å². The van der Waals surface area contributed by atoms with Crippen molar-refractivity contribution in [3.05, 3.63) is 23.3 Å². The molecule has 22 heavy (non-hydrogen) atoms. The summed E-state index contributed by atoms with van der Waals surface area (Å²) in [5.74, 6) is -1.58. The van der Waals surface area contributed by atoms with Gasteiger partial charge < -0.3 is 9.47 Å². The standard InChI is InChI=1S/C17H24O5/c1-7-10(4)17(20)22-16-14(9(2)3)13(21-12(6)18)8-11(5)15(16)19/h7-9,13-14,16H,1-6H3. The fourth-order valence-electron chi connectivity index (χ4n) is 2.50. The Hall–Kier alpha value is -1.91. The molecule has 5 nitrogen and oxygen atoms in total. The molecule has 3 unspecified atom stereocenters. The third-order valence-corrected chi connectivity index (χ3v) is 3.85. The van der Waals surface area contributed by atoms with Crippen molar-refractivity contribution in [2.45, 2.75) is 53.8 Å². The first kappa shape index (κ1) is 18.1. The van der Waals surface area contributed by atoms with E-state index in [-0.39, 0.29) is 11.7 Å². The van der Waals surface area contributed by atoms with Gasteiger partial charge in [0.15, 0.2) is 11.9 Å². The minimum absolute atomic E-state index is 0.00126. The number of ketones is 1. The van der Waals surface area contributed by atoms with Gasteiger partial charge in [0, 0.05) is 18.4 Å². The van der Waals surface area contributed by atoms with Gasteiger partial charge in [-0.2, -0.15) is 0 Å². The SMILES string of the molecule is CC=C(C)C(=O)OC1C(=O)C(C)=CC(OC(C)=O)C1C(C)C. The number of hydrogen-bond donors (Lipinski definition) is 0. The molecular weight excluding hydrogens is 284 g/mol. The van der Waals surface area contributed by atoms with E-state index in [1.807, 2.05) is 13.8 Å². The fourth-order valence-corrected chi connectivity index (χ4v) is 2.50. The third kappa shape index (κ3) is 4.06. The number of Topliss-reactive ketones (excluding diaryl/α,β-unsaturated/α-hetero) is 1. The van der Waals surface area contributed by atoms with Crippen LogP contribution in [0.3, 0.4) is 0 Å². The number of hydrogen-bond acceptors (Lipinski definition) is 5. The first-order valence-corrected chi connectivity index (χ1v) is 7.42. The lowest BCUT2D eigenvalue weighted by Crippen LogP contribution is -2.48. The van der Waals surface area contributed by atoms with Crippen molar-refractivity contribution < 1.29 is 23.9 Å². The van der Waals surface area contributed by atoms with E-state index in [0.29, 0.717) is 11.1 Å². The normalized spacial score (nSPS) is 25.8. The highest BCUT2D eigenvalue weighted by Gasteiger charge is 2.43. The fraction of sp³-hybridized carbons (Fsp3) is 0.588. The summed E-state index contributed by atoms with van der Waals surface area (Å²) in [5, 5.41) is 0. The third-order valence-electron chi connectivity index (χ3n) is 3.85. The second-order valence-electron chi connectivity index (χ2n) is 5.91. The summed E-state index contributed by atoms with van der Waals surface area (Å²) in [6.07, 6.45) is 1.77. The lowest BCUT2D eigenvalue weighted by Gasteiger charge is -2.36. The molecule has 0 aromatic carbocycles. The molecule has 0 aliphatic heterocycles. The highest BCUT2D eigenvalue weighted by molar-refractivity contribution is 6.01. The Morgan fingerprint density at radius 1 is 1.23 bits per heavy atom. The van der Waals surface area contributed by atoms with Crippen LogP contribution < -0.4 is 0 Å². The second-order valence-corrected chi connectivity index (χ2v) is 5.91. The van der Waals surface area contributed by atoms with E-state index in [2.05, 4.69) is 0 Å². The maximum Gasteiger partial charge on any atom is 0.334 e. The van der Waals surface area contributed by atoms with Gasteiger partial charge in [-0.05, 0) is 38.3 Å². The summed E-state index contributed by atoms with van der Waals surface area (Å²) in [5.41, 5.74) is 0.880. The van der Waals surface area contributed by atoms with E-state index in [1.54, 1.807) is 32.9 Å². The average molecular weight is 308 g/mol. The zero-order chi connectivity index (χ0) is 17.0. The van der Waals surface area contributed by atoms with Gasteiger partial charge in [0.25, 0.3) is 0 Å². The molecule has 1 aliphatic rings. The van der Waals surface area contributed by atoms with Gasteiger partial charge in [0.2, 0.25) is 0 Å². The molecule has 0 N–H and O–H groups in total. The van der Waals surface area contributed by atoms with Crippen LogP contribution in [0.2, 0.25) is 0 Å². The van der Waals surface area contributed by atoms with Crippen molar-refractivity contribution in [2.75, 3.05) is 0 Å².